The summed E-state index contributed by atoms with van der Waals surface area (Å²) in [6.07, 6.45) is 1.80. The highest BCUT2D eigenvalue weighted by molar-refractivity contribution is 7.98. The molecule has 0 radical (unpaired) electrons. The van der Waals surface area contributed by atoms with Crippen molar-refractivity contribution in [3.05, 3.63) is 144 Å². The molecule has 1 atom stereocenters. The minimum atomic E-state index is -0.313. The molecule has 6 aromatic carbocycles. The molecule has 2 aliphatic rings. The number of allylic oxidation sites excluding steroid dienone is 1. The Hall–Kier alpha value is -4.97. The van der Waals surface area contributed by atoms with E-state index >= 15 is 0 Å². The molecule has 1 aliphatic heterocycles. The van der Waals surface area contributed by atoms with Crippen molar-refractivity contribution in [3.8, 4) is 0 Å². The summed E-state index contributed by atoms with van der Waals surface area (Å²) < 4.78 is 2.48. The Labute approximate surface area is 280 Å². The highest BCUT2D eigenvalue weighted by atomic mass is 32.2. The van der Waals surface area contributed by atoms with Gasteiger partial charge >= 0.3 is 0 Å². The number of carbonyl (C=O) groups is 2. The van der Waals surface area contributed by atoms with Gasteiger partial charge in [0, 0.05) is 49.1 Å². The average Bonchev–Trinajstić information content (AvgIpc) is 3.54. The summed E-state index contributed by atoms with van der Waals surface area (Å²) in [6.45, 7) is 6.94. The van der Waals surface area contributed by atoms with E-state index in [9.17, 15) is 9.59 Å². The van der Waals surface area contributed by atoms with Gasteiger partial charge in [-0.15, -0.1) is 11.3 Å². The highest BCUT2D eigenvalue weighted by Crippen LogP contribution is 2.54. The Balaban J connectivity index is 1.25. The number of fused-ring (bicyclic) bond motifs is 7. The summed E-state index contributed by atoms with van der Waals surface area (Å²) in [6, 6.07) is 42.0. The van der Waals surface area contributed by atoms with E-state index in [0.717, 1.165) is 27.7 Å². The maximum atomic E-state index is 13.7. The third-order valence-electron chi connectivity index (χ3n) is 9.17. The number of nitrogens with zero attached hydrogens (tertiary/aromatic N) is 1. The molecule has 0 saturated carbocycles. The number of ketones is 2. The number of hydrogen-bond acceptors (Lipinski definition) is 4. The fourth-order valence-corrected chi connectivity index (χ4v) is 11.0. The van der Waals surface area contributed by atoms with Gasteiger partial charge in [-0.2, -0.15) is 0 Å². The van der Waals surface area contributed by atoms with Gasteiger partial charge in [-0.1, -0.05) is 66.7 Å². The van der Waals surface area contributed by atoms with Crippen molar-refractivity contribution in [2.45, 2.75) is 35.3 Å². The quantitative estimate of drug-likeness (QED) is 0.107. The van der Waals surface area contributed by atoms with Gasteiger partial charge in [-0.25, -0.2) is 0 Å². The molecule has 0 saturated heterocycles. The van der Waals surface area contributed by atoms with E-state index in [0.29, 0.717) is 11.1 Å². The van der Waals surface area contributed by atoms with Crippen LogP contribution >= 0.6 is 11.3 Å². The average molecular weight is 645 g/mol. The summed E-state index contributed by atoms with van der Waals surface area (Å²) in [7, 11) is -0.313. The first-order valence-corrected chi connectivity index (χ1v) is 17.8. The Morgan fingerprint density at radius 2 is 1.26 bits per heavy atom. The molecule has 226 valence electrons. The van der Waals surface area contributed by atoms with Crippen molar-refractivity contribution >= 4 is 87.9 Å². The third-order valence-corrected chi connectivity index (χ3v) is 13.1. The first-order chi connectivity index (χ1) is 22.8. The van der Waals surface area contributed by atoms with Gasteiger partial charge in [0.25, 0.3) is 0 Å². The topological polar surface area (TPSA) is 37.4 Å². The van der Waals surface area contributed by atoms with Crippen molar-refractivity contribution in [1.29, 1.82) is 0 Å². The molecule has 1 aliphatic carbocycles. The van der Waals surface area contributed by atoms with Crippen LogP contribution in [-0.2, 0) is 10.9 Å². The van der Waals surface area contributed by atoms with E-state index in [2.05, 4.69) is 111 Å². The minimum absolute atomic E-state index is 0.0904. The van der Waals surface area contributed by atoms with Gasteiger partial charge in [-0.3, -0.25) is 9.59 Å². The van der Waals surface area contributed by atoms with Crippen LogP contribution in [0.25, 0.3) is 37.0 Å². The maximum Gasteiger partial charge on any atom is 0.197 e. The smallest absolute Gasteiger partial charge is 0.197 e. The highest BCUT2D eigenvalue weighted by Gasteiger charge is 2.48. The van der Waals surface area contributed by atoms with Gasteiger partial charge in [0.05, 0.1) is 16.5 Å². The van der Waals surface area contributed by atoms with Crippen LogP contribution in [0.4, 0.5) is 17.1 Å². The SMILES string of the molecule is CC(C)(C)[S+]1c2cc(C=C3C(=O)c4cc5ccccc5cc4C3=O)ccc2N(c2ccccc2)c2cc3sc4ccccc4c3cc21. The Bertz CT molecular complexity index is 2440. The fourth-order valence-electron chi connectivity index (χ4n) is 7.12. The van der Waals surface area contributed by atoms with Crippen molar-refractivity contribution in [1.82, 2.24) is 0 Å². The predicted molar refractivity (Wildman–Crippen MR) is 198 cm³/mol. The molecular weight excluding hydrogens is 615 g/mol. The van der Waals surface area contributed by atoms with Gasteiger partial charge in [0.2, 0.25) is 0 Å². The van der Waals surface area contributed by atoms with Crippen LogP contribution in [0.5, 0.6) is 0 Å². The molecule has 7 aromatic rings. The van der Waals surface area contributed by atoms with E-state index in [-0.39, 0.29) is 32.8 Å². The van der Waals surface area contributed by atoms with Crippen molar-refractivity contribution in [2.24, 2.45) is 0 Å². The number of hydrogen-bond donors (Lipinski definition) is 0. The molecule has 1 unspecified atom stereocenters. The van der Waals surface area contributed by atoms with Crippen LogP contribution in [0.15, 0.2) is 137 Å². The number of thiophene rings is 1. The third kappa shape index (κ3) is 4.34. The van der Waals surface area contributed by atoms with Crippen LogP contribution in [0, 0.1) is 0 Å². The van der Waals surface area contributed by atoms with E-state index < -0.39 is 0 Å². The Kier molecular flexibility index (Phi) is 6.17. The molecule has 0 spiro atoms. The van der Waals surface area contributed by atoms with E-state index in [1.807, 2.05) is 47.7 Å². The summed E-state index contributed by atoms with van der Waals surface area (Å²) in [4.78, 5) is 32.3. The number of Topliss-reactive ketones (excluding diaryl/α,β-unsaturated/α-hetero) is 2. The molecule has 9 rings (SSSR count). The molecule has 47 heavy (non-hydrogen) atoms. The zero-order valence-electron chi connectivity index (χ0n) is 26.2. The first kappa shape index (κ1) is 28.3. The summed E-state index contributed by atoms with van der Waals surface area (Å²) in [5, 5.41) is 4.49. The second-order valence-corrected chi connectivity index (χ2v) is 17.0. The Morgan fingerprint density at radius 1 is 0.617 bits per heavy atom. The molecule has 0 fully saturated rings. The van der Waals surface area contributed by atoms with E-state index in [1.165, 1.54) is 35.7 Å². The summed E-state index contributed by atoms with van der Waals surface area (Å²) in [5.74, 6) is -0.405. The molecule has 0 N–H and O–H groups in total. The molecule has 3 nitrogen and oxygen atoms in total. The van der Waals surface area contributed by atoms with Gasteiger partial charge < -0.3 is 4.90 Å². The zero-order valence-corrected chi connectivity index (χ0v) is 27.8. The monoisotopic (exact) mass is 644 g/mol. The lowest BCUT2D eigenvalue weighted by molar-refractivity contribution is 0.0990. The summed E-state index contributed by atoms with van der Waals surface area (Å²) in [5.41, 5.74) is 5.50. The molecule has 1 aromatic heterocycles. The van der Waals surface area contributed by atoms with Crippen molar-refractivity contribution in [2.75, 3.05) is 4.90 Å². The number of benzene rings is 6. The molecular formula is C42H30NO2S2+. The van der Waals surface area contributed by atoms with E-state index in [1.54, 1.807) is 6.08 Å². The van der Waals surface area contributed by atoms with Crippen LogP contribution in [0.1, 0.15) is 47.1 Å². The number of carbonyl (C=O) groups excluding carboxylic acids is 2. The lowest BCUT2D eigenvalue weighted by Gasteiger charge is -2.35. The van der Waals surface area contributed by atoms with E-state index in [4.69, 9.17) is 0 Å². The normalized spacial score (nSPS) is 15.8. The second kappa shape index (κ2) is 10.3. The van der Waals surface area contributed by atoms with Gasteiger partial charge in [-0.05, 0) is 85.6 Å². The largest absolute Gasteiger partial charge is 0.301 e. The van der Waals surface area contributed by atoms with Gasteiger partial charge in [0.15, 0.2) is 21.4 Å². The van der Waals surface area contributed by atoms with Crippen LogP contribution in [0.3, 0.4) is 0 Å². The minimum Gasteiger partial charge on any atom is -0.301 e. The maximum absolute atomic E-state index is 13.7. The molecule has 2 heterocycles. The van der Waals surface area contributed by atoms with Crippen LogP contribution in [-0.4, -0.2) is 16.3 Å². The van der Waals surface area contributed by atoms with Crippen LogP contribution in [0.2, 0.25) is 0 Å². The van der Waals surface area contributed by atoms with Crippen LogP contribution < -0.4 is 4.90 Å². The standard InChI is InChI=1S/C42H30NO2S2/c1-42(2,3)47-38-20-25(19-33-40(44)31-21-26-11-7-8-12-27(26)22-32(31)41(33)45)17-18-34(38)43(28-13-5-4-6-14-28)35-24-37-30(23-39(35)47)29-15-9-10-16-36(29)46-37/h4-24H,1-3H3/q+1. The number of para-hydroxylation sites is 1. The van der Waals surface area contributed by atoms with Gasteiger partial charge in [0.1, 0.15) is 16.1 Å². The zero-order chi connectivity index (χ0) is 32.0. The summed E-state index contributed by atoms with van der Waals surface area (Å²) >= 11 is 1.84. The second-order valence-electron chi connectivity index (χ2n) is 13.2. The lowest BCUT2D eigenvalue weighted by atomic mass is 10.0. The lowest BCUT2D eigenvalue weighted by Crippen LogP contribution is -2.34. The van der Waals surface area contributed by atoms with Crippen molar-refractivity contribution in [3.63, 3.8) is 0 Å². The predicted octanol–water partition coefficient (Wildman–Crippen LogP) is 11.3. The molecule has 0 amide bonds. The number of anilines is 3. The fraction of sp³-hybridized carbons (Fsp3) is 0.0952. The first-order valence-electron chi connectivity index (χ1n) is 15.8. The Morgan fingerprint density at radius 3 is 1.96 bits per heavy atom. The van der Waals surface area contributed by atoms with Crippen molar-refractivity contribution < 1.29 is 9.59 Å². The molecule has 5 heteroatoms. The number of rotatable bonds is 2. The molecule has 0 bridgehead atoms.